The molecule has 0 unspecified atom stereocenters. The van der Waals surface area contributed by atoms with Crippen LogP contribution in [0.5, 0.6) is 5.75 Å². The molecule has 2 N–H and O–H groups in total. The van der Waals surface area contributed by atoms with Crippen molar-refractivity contribution in [3.63, 3.8) is 0 Å². The van der Waals surface area contributed by atoms with Crippen LogP contribution in [0.1, 0.15) is 33.3 Å². The van der Waals surface area contributed by atoms with E-state index in [1.807, 2.05) is 24.3 Å². The first kappa shape index (κ1) is 20.9. The van der Waals surface area contributed by atoms with E-state index in [1.165, 1.54) is 17.7 Å². The molecule has 2 aromatic carbocycles. The number of ether oxygens (including phenoxy) is 1. The number of hydrogen-bond acceptors (Lipinski definition) is 4. The Morgan fingerprint density at radius 1 is 1.07 bits per heavy atom. The number of nitrogens with one attached hydrogen (secondary N) is 2. The molecule has 0 bridgehead atoms. The summed E-state index contributed by atoms with van der Waals surface area (Å²) in [4.78, 5) is 12.2. The van der Waals surface area contributed by atoms with Gasteiger partial charge in [-0.1, -0.05) is 25.1 Å². The second-order valence-electron chi connectivity index (χ2n) is 7.22. The standard InChI is InChI=1S/C20H26N2O4S/c1-5-15-9-11-17(12-10-15)26-14-19(23)21-16-7-6-8-18(13-16)27(24,25)22-20(2,3)4/h6-13,22H,5,14H2,1-4H3,(H,21,23). The second kappa shape index (κ2) is 8.54. The third-order valence-corrected chi connectivity index (χ3v) is 5.33. The predicted octanol–water partition coefficient (Wildman–Crippen LogP) is 3.34. The van der Waals surface area contributed by atoms with Crippen LogP contribution >= 0.6 is 0 Å². The highest BCUT2D eigenvalue weighted by Gasteiger charge is 2.22. The summed E-state index contributed by atoms with van der Waals surface area (Å²) in [5, 5.41) is 2.65. The van der Waals surface area contributed by atoms with E-state index in [9.17, 15) is 13.2 Å². The number of carbonyl (C=O) groups excluding carboxylic acids is 1. The highest BCUT2D eigenvalue weighted by molar-refractivity contribution is 7.89. The van der Waals surface area contributed by atoms with E-state index in [2.05, 4.69) is 17.0 Å². The molecule has 0 spiro atoms. The van der Waals surface area contributed by atoms with Crippen LogP contribution in [0.2, 0.25) is 0 Å². The molecule has 0 saturated carbocycles. The van der Waals surface area contributed by atoms with Gasteiger partial charge in [-0.2, -0.15) is 0 Å². The van der Waals surface area contributed by atoms with Crippen LogP contribution in [-0.2, 0) is 21.2 Å². The predicted molar refractivity (Wildman–Crippen MR) is 106 cm³/mol. The molecule has 1 amide bonds. The summed E-state index contributed by atoms with van der Waals surface area (Å²) in [6.45, 7) is 7.19. The van der Waals surface area contributed by atoms with Crippen LogP contribution in [0.15, 0.2) is 53.4 Å². The topological polar surface area (TPSA) is 84.5 Å². The lowest BCUT2D eigenvalue weighted by molar-refractivity contribution is -0.118. The van der Waals surface area contributed by atoms with E-state index in [4.69, 9.17) is 4.74 Å². The number of benzene rings is 2. The van der Waals surface area contributed by atoms with Gasteiger partial charge in [-0.3, -0.25) is 4.79 Å². The lowest BCUT2D eigenvalue weighted by atomic mass is 10.1. The number of carbonyl (C=O) groups is 1. The largest absolute Gasteiger partial charge is 0.484 e. The quantitative estimate of drug-likeness (QED) is 0.759. The van der Waals surface area contributed by atoms with Crippen LogP contribution in [0.4, 0.5) is 5.69 Å². The molecule has 0 radical (unpaired) electrons. The second-order valence-corrected chi connectivity index (χ2v) is 8.90. The fraction of sp³-hybridized carbons (Fsp3) is 0.350. The van der Waals surface area contributed by atoms with Crippen molar-refractivity contribution < 1.29 is 17.9 Å². The minimum absolute atomic E-state index is 0.0892. The summed E-state index contributed by atoms with van der Waals surface area (Å²) in [5.41, 5.74) is 0.981. The van der Waals surface area contributed by atoms with Gasteiger partial charge in [-0.25, -0.2) is 13.1 Å². The van der Waals surface area contributed by atoms with Crippen molar-refractivity contribution >= 4 is 21.6 Å². The zero-order valence-electron chi connectivity index (χ0n) is 16.1. The number of hydrogen-bond donors (Lipinski definition) is 2. The van der Waals surface area contributed by atoms with E-state index < -0.39 is 15.6 Å². The first-order valence-electron chi connectivity index (χ1n) is 8.75. The molecule has 146 valence electrons. The van der Waals surface area contributed by atoms with E-state index >= 15 is 0 Å². The number of rotatable bonds is 7. The van der Waals surface area contributed by atoms with Gasteiger partial charge in [0.1, 0.15) is 5.75 Å². The molecule has 0 aromatic heterocycles. The van der Waals surface area contributed by atoms with Crippen LogP contribution in [0, 0.1) is 0 Å². The summed E-state index contributed by atoms with van der Waals surface area (Å²) in [5.74, 6) is 0.237. The Bertz CT molecular complexity index is 885. The minimum atomic E-state index is -3.67. The molecule has 2 rings (SSSR count). The van der Waals surface area contributed by atoms with Crippen molar-refractivity contribution in [3.8, 4) is 5.75 Å². The van der Waals surface area contributed by atoms with Crippen molar-refractivity contribution in [3.05, 3.63) is 54.1 Å². The van der Waals surface area contributed by atoms with Crippen molar-refractivity contribution in [1.29, 1.82) is 0 Å². The normalized spacial score (nSPS) is 11.9. The van der Waals surface area contributed by atoms with E-state index in [0.717, 1.165) is 6.42 Å². The zero-order valence-corrected chi connectivity index (χ0v) is 16.9. The van der Waals surface area contributed by atoms with Gasteiger partial charge < -0.3 is 10.1 Å². The first-order valence-corrected chi connectivity index (χ1v) is 10.2. The monoisotopic (exact) mass is 390 g/mol. The van der Waals surface area contributed by atoms with Crippen LogP contribution in [-0.4, -0.2) is 26.5 Å². The molecule has 0 aliphatic heterocycles. The van der Waals surface area contributed by atoms with Crippen LogP contribution in [0.3, 0.4) is 0 Å². The molecular weight excluding hydrogens is 364 g/mol. The van der Waals surface area contributed by atoms with Gasteiger partial charge in [0.05, 0.1) is 4.90 Å². The Balaban J connectivity index is 1.99. The lowest BCUT2D eigenvalue weighted by Crippen LogP contribution is -2.40. The fourth-order valence-electron chi connectivity index (χ4n) is 2.37. The molecule has 2 aromatic rings. The highest BCUT2D eigenvalue weighted by Crippen LogP contribution is 2.18. The van der Waals surface area contributed by atoms with Gasteiger partial charge in [0.15, 0.2) is 6.61 Å². The van der Waals surface area contributed by atoms with E-state index in [-0.39, 0.29) is 17.4 Å². The van der Waals surface area contributed by atoms with Gasteiger partial charge in [-0.15, -0.1) is 0 Å². The van der Waals surface area contributed by atoms with E-state index in [1.54, 1.807) is 32.9 Å². The van der Waals surface area contributed by atoms with Crippen molar-refractivity contribution in [2.45, 2.75) is 44.6 Å². The van der Waals surface area contributed by atoms with Gasteiger partial charge in [0.2, 0.25) is 10.0 Å². The van der Waals surface area contributed by atoms with Crippen molar-refractivity contribution in [2.75, 3.05) is 11.9 Å². The van der Waals surface area contributed by atoms with Crippen molar-refractivity contribution in [2.24, 2.45) is 0 Å². The summed E-state index contributed by atoms with van der Waals surface area (Å²) in [6, 6.07) is 13.6. The molecule has 7 heteroatoms. The maximum atomic E-state index is 12.4. The lowest BCUT2D eigenvalue weighted by Gasteiger charge is -2.20. The average molecular weight is 391 g/mol. The summed E-state index contributed by atoms with van der Waals surface area (Å²) < 4.78 is 32.8. The van der Waals surface area contributed by atoms with Gasteiger partial charge in [0, 0.05) is 11.2 Å². The number of sulfonamides is 1. The van der Waals surface area contributed by atoms with Gasteiger partial charge in [0.25, 0.3) is 5.91 Å². The number of anilines is 1. The Labute approximate surface area is 161 Å². The zero-order chi connectivity index (χ0) is 20.1. The molecule has 27 heavy (non-hydrogen) atoms. The smallest absolute Gasteiger partial charge is 0.262 e. The molecule has 6 nitrogen and oxygen atoms in total. The summed E-state index contributed by atoms with van der Waals surface area (Å²) in [7, 11) is -3.67. The SMILES string of the molecule is CCc1ccc(OCC(=O)Nc2cccc(S(=O)(=O)NC(C)(C)C)c2)cc1. The molecule has 0 aliphatic carbocycles. The van der Waals surface area contributed by atoms with E-state index in [0.29, 0.717) is 11.4 Å². The Morgan fingerprint density at radius 3 is 2.33 bits per heavy atom. The molecule has 0 atom stereocenters. The summed E-state index contributed by atoms with van der Waals surface area (Å²) >= 11 is 0. The number of aryl methyl sites for hydroxylation is 1. The molecule has 0 saturated heterocycles. The van der Waals surface area contributed by atoms with Crippen LogP contribution < -0.4 is 14.8 Å². The molecular formula is C20H26N2O4S. The molecule has 0 fully saturated rings. The Morgan fingerprint density at radius 2 is 1.74 bits per heavy atom. The Kier molecular flexibility index (Phi) is 6.62. The highest BCUT2D eigenvalue weighted by atomic mass is 32.2. The Hall–Kier alpha value is -2.38. The fourth-order valence-corrected chi connectivity index (χ4v) is 3.83. The molecule has 0 heterocycles. The third kappa shape index (κ3) is 6.69. The average Bonchev–Trinajstić information content (AvgIpc) is 2.58. The maximum absolute atomic E-state index is 12.4. The summed E-state index contributed by atoms with van der Waals surface area (Å²) in [6.07, 6.45) is 0.935. The van der Waals surface area contributed by atoms with Crippen LogP contribution in [0.25, 0.3) is 0 Å². The van der Waals surface area contributed by atoms with Gasteiger partial charge >= 0.3 is 0 Å². The number of amides is 1. The van der Waals surface area contributed by atoms with Crippen molar-refractivity contribution in [1.82, 2.24) is 4.72 Å². The van der Waals surface area contributed by atoms with Gasteiger partial charge in [-0.05, 0) is 63.1 Å². The third-order valence-electron chi connectivity index (χ3n) is 3.57. The minimum Gasteiger partial charge on any atom is -0.484 e. The molecule has 0 aliphatic rings. The first-order chi connectivity index (χ1) is 12.6. The maximum Gasteiger partial charge on any atom is 0.262 e.